The average molecular weight is 324 g/mol. The van der Waals surface area contributed by atoms with E-state index < -0.39 is 0 Å². The molecule has 24 heavy (non-hydrogen) atoms. The van der Waals surface area contributed by atoms with Gasteiger partial charge in [-0.2, -0.15) is 15.0 Å². The summed E-state index contributed by atoms with van der Waals surface area (Å²) >= 11 is 0. The fourth-order valence-corrected chi connectivity index (χ4v) is 2.45. The summed E-state index contributed by atoms with van der Waals surface area (Å²) in [6.45, 7) is 0. The second-order valence-electron chi connectivity index (χ2n) is 5.73. The molecular formula is C16H16N6O2. The standard InChI is InChI=1S/C16H16N6O2/c23-16(20-11-2-1-3-11)14-10-24-15(21-14)8-12-4-5-13(9-17-12)22-18-6-7-19-22/h4-7,9-11H,1-3,8H2,(H,20,23). The smallest absolute Gasteiger partial charge is 0.273 e. The van der Waals surface area contributed by atoms with Gasteiger partial charge in [-0.05, 0) is 31.4 Å². The van der Waals surface area contributed by atoms with E-state index in [0.717, 1.165) is 24.2 Å². The molecule has 0 unspecified atom stereocenters. The quantitative estimate of drug-likeness (QED) is 0.764. The van der Waals surface area contributed by atoms with Crippen molar-refractivity contribution in [2.24, 2.45) is 0 Å². The van der Waals surface area contributed by atoms with Crippen LogP contribution in [0.5, 0.6) is 0 Å². The van der Waals surface area contributed by atoms with Gasteiger partial charge in [0.15, 0.2) is 5.69 Å². The Morgan fingerprint density at radius 3 is 2.79 bits per heavy atom. The van der Waals surface area contributed by atoms with Crippen molar-refractivity contribution in [2.45, 2.75) is 31.7 Å². The van der Waals surface area contributed by atoms with Gasteiger partial charge in [-0.3, -0.25) is 9.78 Å². The van der Waals surface area contributed by atoms with Crippen molar-refractivity contribution in [3.8, 4) is 5.69 Å². The Morgan fingerprint density at radius 2 is 2.12 bits per heavy atom. The maximum Gasteiger partial charge on any atom is 0.273 e. The number of hydrogen-bond donors (Lipinski definition) is 1. The van der Waals surface area contributed by atoms with E-state index in [2.05, 4.69) is 25.5 Å². The number of nitrogens with zero attached hydrogens (tertiary/aromatic N) is 5. The third kappa shape index (κ3) is 3.03. The number of pyridine rings is 1. The summed E-state index contributed by atoms with van der Waals surface area (Å²) < 4.78 is 5.38. The van der Waals surface area contributed by atoms with E-state index in [1.54, 1.807) is 18.6 Å². The molecule has 0 spiro atoms. The van der Waals surface area contributed by atoms with Gasteiger partial charge in [-0.1, -0.05) is 0 Å². The maximum atomic E-state index is 12.0. The Labute approximate surface area is 137 Å². The second-order valence-corrected chi connectivity index (χ2v) is 5.73. The predicted molar refractivity (Wildman–Crippen MR) is 83.6 cm³/mol. The molecule has 0 radical (unpaired) electrons. The van der Waals surface area contributed by atoms with Crippen molar-refractivity contribution in [3.05, 3.63) is 54.3 Å². The molecule has 1 N–H and O–H groups in total. The summed E-state index contributed by atoms with van der Waals surface area (Å²) in [7, 11) is 0. The van der Waals surface area contributed by atoms with Crippen LogP contribution in [0.3, 0.4) is 0 Å². The summed E-state index contributed by atoms with van der Waals surface area (Å²) in [5.41, 5.74) is 1.88. The second kappa shape index (κ2) is 6.23. The van der Waals surface area contributed by atoms with Crippen LogP contribution < -0.4 is 5.32 Å². The maximum absolute atomic E-state index is 12.0. The lowest BCUT2D eigenvalue weighted by Gasteiger charge is -2.25. The Bertz CT molecular complexity index is 821. The van der Waals surface area contributed by atoms with Crippen molar-refractivity contribution in [3.63, 3.8) is 0 Å². The molecule has 8 nitrogen and oxygen atoms in total. The fraction of sp³-hybridized carbons (Fsp3) is 0.312. The van der Waals surface area contributed by atoms with Crippen molar-refractivity contribution in [1.82, 2.24) is 30.3 Å². The number of rotatable bonds is 5. The number of oxazole rings is 1. The van der Waals surface area contributed by atoms with Gasteiger partial charge in [0.05, 0.1) is 25.0 Å². The van der Waals surface area contributed by atoms with E-state index in [9.17, 15) is 4.79 Å². The van der Waals surface area contributed by atoms with Crippen LogP contribution in [-0.4, -0.2) is 36.9 Å². The van der Waals surface area contributed by atoms with Gasteiger partial charge in [-0.15, -0.1) is 0 Å². The van der Waals surface area contributed by atoms with Gasteiger partial charge in [0.25, 0.3) is 5.91 Å². The molecule has 1 saturated carbocycles. The highest BCUT2D eigenvalue weighted by atomic mass is 16.3. The van der Waals surface area contributed by atoms with Crippen LogP contribution in [0.1, 0.15) is 41.3 Å². The summed E-state index contributed by atoms with van der Waals surface area (Å²) in [4.78, 5) is 22.1. The zero-order chi connectivity index (χ0) is 16.4. The largest absolute Gasteiger partial charge is 0.448 e. The van der Waals surface area contributed by atoms with E-state index in [0.29, 0.717) is 18.0 Å². The summed E-state index contributed by atoms with van der Waals surface area (Å²) in [5, 5.41) is 11.0. The molecule has 3 aromatic rings. The van der Waals surface area contributed by atoms with Crippen molar-refractivity contribution >= 4 is 5.91 Å². The Hall–Kier alpha value is -3.03. The first-order valence-corrected chi connectivity index (χ1v) is 7.85. The molecule has 1 aliphatic carbocycles. The molecule has 1 amide bonds. The molecule has 1 fully saturated rings. The predicted octanol–water partition coefficient (Wildman–Crippen LogP) is 1.52. The summed E-state index contributed by atoms with van der Waals surface area (Å²) in [6, 6.07) is 4.01. The zero-order valence-electron chi connectivity index (χ0n) is 12.9. The van der Waals surface area contributed by atoms with E-state index in [1.165, 1.54) is 17.5 Å². The molecule has 4 rings (SSSR count). The molecule has 0 bridgehead atoms. The van der Waals surface area contributed by atoms with E-state index in [1.807, 2.05) is 12.1 Å². The minimum atomic E-state index is -0.178. The van der Waals surface area contributed by atoms with Crippen molar-refractivity contribution in [1.29, 1.82) is 0 Å². The molecular weight excluding hydrogens is 308 g/mol. The van der Waals surface area contributed by atoms with Crippen LogP contribution >= 0.6 is 0 Å². The van der Waals surface area contributed by atoms with Crippen molar-refractivity contribution < 1.29 is 9.21 Å². The first-order valence-electron chi connectivity index (χ1n) is 7.85. The molecule has 122 valence electrons. The number of amides is 1. The van der Waals surface area contributed by atoms with Crippen LogP contribution in [0.25, 0.3) is 5.69 Å². The van der Waals surface area contributed by atoms with Gasteiger partial charge in [-0.25, -0.2) is 4.98 Å². The lowest BCUT2D eigenvalue weighted by atomic mass is 9.93. The Morgan fingerprint density at radius 1 is 1.29 bits per heavy atom. The molecule has 0 aliphatic heterocycles. The highest BCUT2D eigenvalue weighted by Crippen LogP contribution is 2.18. The number of carbonyl (C=O) groups is 1. The van der Waals surface area contributed by atoms with Crippen LogP contribution in [-0.2, 0) is 6.42 Å². The first kappa shape index (κ1) is 14.6. The van der Waals surface area contributed by atoms with Crippen LogP contribution in [0.15, 0.2) is 41.4 Å². The molecule has 1 aliphatic rings. The Kier molecular flexibility index (Phi) is 3.78. The van der Waals surface area contributed by atoms with Gasteiger partial charge < -0.3 is 9.73 Å². The molecule has 3 aromatic heterocycles. The minimum absolute atomic E-state index is 0.178. The lowest BCUT2D eigenvalue weighted by Crippen LogP contribution is -2.39. The minimum Gasteiger partial charge on any atom is -0.448 e. The van der Waals surface area contributed by atoms with E-state index in [4.69, 9.17) is 4.42 Å². The molecule has 8 heteroatoms. The third-order valence-corrected chi connectivity index (χ3v) is 4.02. The highest BCUT2D eigenvalue weighted by Gasteiger charge is 2.22. The monoisotopic (exact) mass is 324 g/mol. The topological polar surface area (TPSA) is 98.7 Å². The number of carbonyl (C=O) groups excluding carboxylic acids is 1. The summed E-state index contributed by atoms with van der Waals surface area (Å²) in [6.07, 6.45) is 9.96. The normalized spacial score (nSPS) is 14.3. The van der Waals surface area contributed by atoms with E-state index in [-0.39, 0.29) is 11.9 Å². The number of hydrogen-bond acceptors (Lipinski definition) is 6. The van der Waals surface area contributed by atoms with Crippen molar-refractivity contribution in [2.75, 3.05) is 0 Å². The Balaban J connectivity index is 1.41. The highest BCUT2D eigenvalue weighted by molar-refractivity contribution is 5.92. The van der Waals surface area contributed by atoms with Crippen LogP contribution in [0, 0.1) is 0 Å². The van der Waals surface area contributed by atoms with Gasteiger partial charge >= 0.3 is 0 Å². The van der Waals surface area contributed by atoms with E-state index >= 15 is 0 Å². The third-order valence-electron chi connectivity index (χ3n) is 4.02. The molecule has 0 saturated heterocycles. The zero-order valence-corrected chi connectivity index (χ0v) is 12.9. The number of aromatic nitrogens is 5. The summed E-state index contributed by atoms with van der Waals surface area (Å²) in [5.74, 6) is 0.286. The van der Waals surface area contributed by atoms with Gasteiger partial charge in [0.1, 0.15) is 12.0 Å². The lowest BCUT2D eigenvalue weighted by molar-refractivity contribution is 0.0912. The van der Waals surface area contributed by atoms with Gasteiger partial charge in [0, 0.05) is 11.7 Å². The SMILES string of the molecule is O=C(NC1CCC1)c1coc(Cc2ccc(-n3nccn3)cn2)n1. The van der Waals surface area contributed by atoms with Gasteiger partial charge in [0.2, 0.25) is 5.89 Å². The molecule has 0 aromatic carbocycles. The fourth-order valence-electron chi connectivity index (χ4n) is 2.45. The number of nitrogens with one attached hydrogen (secondary N) is 1. The van der Waals surface area contributed by atoms with Crippen LogP contribution in [0.2, 0.25) is 0 Å². The van der Waals surface area contributed by atoms with Crippen LogP contribution in [0.4, 0.5) is 0 Å². The molecule has 0 atom stereocenters. The average Bonchev–Trinajstić information content (AvgIpc) is 3.23. The molecule has 3 heterocycles. The first-order chi connectivity index (χ1) is 11.8.